The lowest BCUT2D eigenvalue weighted by Gasteiger charge is -2.32. The number of rotatable bonds is 8. The van der Waals surface area contributed by atoms with Crippen molar-refractivity contribution in [3.63, 3.8) is 0 Å². The number of benzene rings is 3. The summed E-state index contributed by atoms with van der Waals surface area (Å²) in [5.74, 6) is -0.304. The largest absolute Gasteiger partial charge is 0.365 e. The number of hydrogen-bond acceptors (Lipinski definition) is 7. The number of carbonyl (C=O) groups excluding carboxylic acids is 2. The van der Waals surface area contributed by atoms with Crippen LogP contribution in [0.5, 0.6) is 0 Å². The van der Waals surface area contributed by atoms with Crippen LogP contribution in [-0.4, -0.2) is 52.8 Å². The van der Waals surface area contributed by atoms with Gasteiger partial charge in [0.15, 0.2) is 5.65 Å². The lowest BCUT2D eigenvalue weighted by atomic mass is 9.89. The van der Waals surface area contributed by atoms with Gasteiger partial charge < -0.3 is 10.2 Å². The van der Waals surface area contributed by atoms with E-state index in [9.17, 15) is 18.0 Å². The normalized spacial score (nSPS) is 14.0. The van der Waals surface area contributed by atoms with Crippen molar-refractivity contribution in [2.24, 2.45) is 0 Å². The molecule has 43 heavy (non-hydrogen) atoms. The molecule has 0 aliphatic carbocycles. The Kier molecular flexibility index (Phi) is 7.89. The van der Waals surface area contributed by atoms with Gasteiger partial charge in [-0.05, 0) is 42.0 Å². The Morgan fingerprint density at radius 3 is 2.12 bits per heavy atom. The smallest absolute Gasteiger partial charge is 0.270 e. The van der Waals surface area contributed by atoms with E-state index in [2.05, 4.69) is 32.3 Å². The Morgan fingerprint density at radius 1 is 0.814 bits per heavy atom. The van der Waals surface area contributed by atoms with Crippen LogP contribution in [0.3, 0.4) is 0 Å². The predicted molar refractivity (Wildman–Crippen MR) is 162 cm³/mol. The second kappa shape index (κ2) is 12.1. The molecular formula is C32H30N6O4S. The topological polar surface area (TPSA) is 126 Å². The molecule has 10 nitrogen and oxygen atoms in total. The van der Waals surface area contributed by atoms with Crippen molar-refractivity contribution in [2.45, 2.75) is 30.2 Å². The number of piperidine rings is 1. The summed E-state index contributed by atoms with van der Waals surface area (Å²) < 4.78 is 29.1. The number of nitrogens with zero attached hydrogens (tertiary/aromatic N) is 4. The molecule has 2 N–H and O–H groups in total. The number of nitrogens with one attached hydrogen (secondary N) is 2. The molecular weight excluding hydrogens is 564 g/mol. The van der Waals surface area contributed by atoms with Crippen LogP contribution in [0.2, 0.25) is 0 Å². The summed E-state index contributed by atoms with van der Waals surface area (Å²) in [5, 5.41) is 7.68. The number of hydrogen-bond donors (Lipinski definition) is 2. The lowest BCUT2D eigenvalue weighted by molar-refractivity contribution is 0.0712. The second-order valence-electron chi connectivity index (χ2n) is 10.4. The highest BCUT2D eigenvalue weighted by atomic mass is 32.2. The number of anilines is 1. The maximum atomic E-state index is 13.9. The first-order chi connectivity index (χ1) is 20.9. The number of sulfonamides is 1. The molecule has 11 heteroatoms. The van der Waals surface area contributed by atoms with Gasteiger partial charge in [0.05, 0.1) is 11.1 Å². The highest BCUT2D eigenvalue weighted by molar-refractivity contribution is 7.90. The van der Waals surface area contributed by atoms with E-state index in [0.29, 0.717) is 36.9 Å². The molecule has 5 aromatic rings. The third-order valence-electron chi connectivity index (χ3n) is 7.64. The summed E-state index contributed by atoms with van der Waals surface area (Å²) in [6.45, 7) is 1.58. The van der Waals surface area contributed by atoms with Crippen LogP contribution >= 0.6 is 0 Å². The van der Waals surface area contributed by atoms with Crippen LogP contribution in [0.4, 0.5) is 5.82 Å². The van der Waals surface area contributed by atoms with Gasteiger partial charge in [-0.25, -0.2) is 18.1 Å². The molecule has 0 spiro atoms. The monoisotopic (exact) mass is 594 g/mol. The first-order valence-corrected chi connectivity index (χ1v) is 15.5. The van der Waals surface area contributed by atoms with Crippen molar-refractivity contribution in [3.8, 4) is 0 Å². The Bertz CT molecular complexity index is 1850. The predicted octanol–water partition coefficient (Wildman–Crippen LogP) is 4.48. The minimum absolute atomic E-state index is 0.0371. The van der Waals surface area contributed by atoms with Gasteiger partial charge in [-0.3, -0.25) is 9.59 Å². The van der Waals surface area contributed by atoms with Crippen LogP contribution in [0, 0.1) is 0 Å². The third kappa shape index (κ3) is 5.98. The van der Waals surface area contributed by atoms with Gasteiger partial charge >= 0.3 is 0 Å². The zero-order valence-electron chi connectivity index (χ0n) is 23.3. The van der Waals surface area contributed by atoms with Crippen LogP contribution in [0.1, 0.15) is 50.6 Å². The minimum atomic E-state index is -4.11. The van der Waals surface area contributed by atoms with Crippen LogP contribution < -0.4 is 10.0 Å². The molecule has 2 amide bonds. The van der Waals surface area contributed by atoms with Crippen molar-refractivity contribution >= 4 is 33.3 Å². The molecule has 1 fully saturated rings. The maximum absolute atomic E-state index is 13.9. The Labute approximate surface area is 249 Å². The van der Waals surface area contributed by atoms with Gasteiger partial charge in [0.1, 0.15) is 16.9 Å². The van der Waals surface area contributed by atoms with Crippen molar-refractivity contribution in [2.75, 3.05) is 18.4 Å². The third-order valence-corrected chi connectivity index (χ3v) is 8.99. The molecule has 1 aliphatic rings. The Balaban J connectivity index is 1.29. The second-order valence-corrected chi connectivity index (χ2v) is 12.1. The summed E-state index contributed by atoms with van der Waals surface area (Å²) in [6.07, 6.45) is 4.38. The standard InChI is InChI=1S/C32H30N6O4S/c39-31(36-43(41,42)26-14-8-3-9-15-26)27-22-35-38-29(27)34-21-28(30(38)33-20-23-10-4-1-5-11-23)32(40)37-18-16-25(17-19-37)24-12-6-2-7-13-24/h1-15,21-22,25,33H,16-20H2,(H,36,39). The maximum Gasteiger partial charge on any atom is 0.270 e. The van der Waals surface area contributed by atoms with Crippen molar-refractivity contribution < 1.29 is 18.0 Å². The summed E-state index contributed by atoms with van der Waals surface area (Å²) in [5.41, 5.74) is 2.65. The van der Waals surface area contributed by atoms with E-state index in [0.717, 1.165) is 18.4 Å². The van der Waals surface area contributed by atoms with E-state index in [1.54, 1.807) is 18.2 Å². The first-order valence-electron chi connectivity index (χ1n) is 14.0. The summed E-state index contributed by atoms with van der Waals surface area (Å²) in [6, 6.07) is 27.6. The van der Waals surface area contributed by atoms with Gasteiger partial charge in [0.25, 0.3) is 21.8 Å². The SMILES string of the molecule is O=C(NS(=O)(=O)c1ccccc1)c1cnn2c(NCc3ccccc3)c(C(=O)N3CCC(c4ccccc4)CC3)cnc12. The summed E-state index contributed by atoms with van der Waals surface area (Å²) in [4.78, 5) is 33.2. The number of aromatic nitrogens is 3. The van der Waals surface area contributed by atoms with Gasteiger partial charge in [-0.15, -0.1) is 0 Å². The molecule has 6 rings (SSSR count). The molecule has 0 saturated carbocycles. The average molecular weight is 595 g/mol. The summed E-state index contributed by atoms with van der Waals surface area (Å²) in [7, 11) is -4.11. The van der Waals surface area contributed by atoms with Crippen LogP contribution in [-0.2, 0) is 16.6 Å². The molecule has 0 bridgehead atoms. The highest BCUT2D eigenvalue weighted by Crippen LogP contribution is 2.30. The van der Waals surface area contributed by atoms with Crippen molar-refractivity contribution in [1.29, 1.82) is 0 Å². The molecule has 3 heterocycles. The lowest BCUT2D eigenvalue weighted by Crippen LogP contribution is -2.38. The quantitative estimate of drug-likeness (QED) is 0.271. The number of fused-ring (bicyclic) bond motifs is 1. The van der Waals surface area contributed by atoms with Gasteiger partial charge in [-0.1, -0.05) is 78.9 Å². The number of likely N-dealkylation sites (tertiary alicyclic amines) is 1. The van der Waals surface area contributed by atoms with E-state index in [-0.39, 0.29) is 22.0 Å². The first kappa shape index (κ1) is 28.1. The van der Waals surface area contributed by atoms with Gasteiger partial charge in [-0.2, -0.15) is 9.61 Å². The molecule has 1 saturated heterocycles. The van der Waals surface area contributed by atoms with Crippen molar-refractivity contribution in [1.82, 2.24) is 24.2 Å². The Hall–Kier alpha value is -5.03. The average Bonchev–Trinajstić information content (AvgIpc) is 3.49. The molecule has 218 valence electrons. The fourth-order valence-electron chi connectivity index (χ4n) is 5.35. The molecule has 1 aliphatic heterocycles. The fraction of sp³-hybridized carbons (Fsp3) is 0.188. The molecule has 0 atom stereocenters. The van der Waals surface area contributed by atoms with Crippen LogP contribution in [0.25, 0.3) is 5.65 Å². The Morgan fingerprint density at radius 2 is 1.44 bits per heavy atom. The minimum Gasteiger partial charge on any atom is -0.365 e. The zero-order chi connectivity index (χ0) is 29.8. The van der Waals surface area contributed by atoms with E-state index >= 15 is 0 Å². The molecule has 2 aromatic heterocycles. The molecule has 0 radical (unpaired) electrons. The zero-order valence-corrected chi connectivity index (χ0v) is 24.1. The van der Waals surface area contributed by atoms with Gasteiger partial charge in [0.2, 0.25) is 0 Å². The van der Waals surface area contributed by atoms with Crippen molar-refractivity contribution in [3.05, 3.63) is 126 Å². The van der Waals surface area contributed by atoms with E-state index in [1.807, 2.05) is 53.4 Å². The van der Waals surface area contributed by atoms with E-state index in [1.165, 1.54) is 34.6 Å². The molecule has 0 unspecified atom stereocenters. The molecule has 3 aromatic carbocycles. The van der Waals surface area contributed by atoms with E-state index in [4.69, 9.17) is 0 Å². The highest BCUT2D eigenvalue weighted by Gasteiger charge is 2.29. The van der Waals surface area contributed by atoms with E-state index < -0.39 is 15.9 Å². The van der Waals surface area contributed by atoms with Crippen LogP contribution in [0.15, 0.2) is 108 Å². The number of carbonyl (C=O) groups is 2. The fourth-order valence-corrected chi connectivity index (χ4v) is 6.33. The van der Waals surface area contributed by atoms with Gasteiger partial charge in [0, 0.05) is 25.8 Å². The number of amides is 2. The summed E-state index contributed by atoms with van der Waals surface area (Å²) >= 11 is 0.